The summed E-state index contributed by atoms with van der Waals surface area (Å²) in [4.78, 5) is 13.1. The fraction of sp³-hybridized carbons (Fsp3) is 0.444. The van der Waals surface area contributed by atoms with Crippen LogP contribution in [0.1, 0.15) is 50.2 Å². The predicted octanol–water partition coefficient (Wildman–Crippen LogP) is 4.74. The van der Waals surface area contributed by atoms with Crippen LogP contribution in [-0.4, -0.2) is 45.9 Å². The normalized spacial score (nSPS) is 15.5. The van der Waals surface area contributed by atoms with Crippen molar-refractivity contribution in [2.24, 2.45) is 0 Å². The van der Waals surface area contributed by atoms with Crippen molar-refractivity contribution >= 4 is 33.6 Å². The van der Waals surface area contributed by atoms with Crippen molar-refractivity contribution in [1.29, 1.82) is 0 Å². The largest absolute Gasteiger partial charge is 0.493 e. The van der Waals surface area contributed by atoms with E-state index in [0.717, 1.165) is 30.4 Å². The van der Waals surface area contributed by atoms with E-state index in [4.69, 9.17) is 21.1 Å². The van der Waals surface area contributed by atoms with Gasteiger partial charge in [-0.1, -0.05) is 55.1 Å². The summed E-state index contributed by atoms with van der Waals surface area (Å²) in [5.41, 5.74) is 0.954. The molecule has 0 radical (unpaired) electrons. The number of rotatable bonds is 12. The Morgan fingerprint density at radius 3 is 2.47 bits per heavy atom. The van der Waals surface area contributed by atoms with Crippen molar-refractivity contribution in [3.8, 4) is 11.5 Å². The molecule has 1 fully saturated rings. The molecule has 1 amide bonds. The first-order chi connectivity index (χ1) is 17.3. The molecule has 0 atom stereocenters. The standard InChI is InChI=1S/C27H35ClN2O5S/c1-3-36(32,33)30-27(16-5-4-6-17-27)26(31)29-18-15-22-11-14-24(25(20-22)34-2)35-19-7-8-21-9-12-23(28)13-10-21/h7-14,20,30H,3-6,15-19H2,1-2H3,(H,29,31). The third kappa shape index (κ3) is 7.98. The molecule has 1 aliphatic carbocycles. The number of halogens is 1. The molecule has 1 saturated carbocycles. The third-order valence-corrected chi connectivity index (χ3v) is 8.03. The van der Waals surface area contributed by atoms with Crippen LogP contribution in [0.3, 0.4) is 0 Å². The zero-order valence-corrected chi connectivity index (χ0v) is 22.5. The third-order valence-electron chi connectivity index (χ3n) is 6.32. The summed E-state index contributed by atoms with van der Waals surface area (Å²) in [5, 5.41) is 3.64. The molecule has 2 N–H and O–H groups in total. The molecule has 0 bridgehead atoms. The molecule has 196 valence electrons. The molecule has 0 heterocycles. The maximum absolute atomic E-state index is 13.1. The van der Waals surface area contributed by atoms with Crippen molar-refractivity contribution in [3.05, 3.63) is 64.7 Å². The number of hydrogen-bond acceptors (Lipinski definition) is 5. The highest BCUT2D eigenvalue weighted by molar-refractivity contribution is 7.89. The van der Waals surface area contributed by atoms with Gasteiger partial charge in [0.25, 0.3) is 0 Å². The van der Waals surface area contributed by atoms with Gasteiger partial charge in [-0.2, -0.15) is 4.72 Å². The smallest absolute Gasteiger partial charge is 0.241 e. The van der Waals surface area contributed by atoms with Gasteiger partial charge in [-0.25, -0.2) is 8.42 Å². The van der Waals surface area contributed by atoms with E-state index < -0.39 is 15.6 Å². The first-order valence-corrected chi connectivity index (χ1v) is 14.3. The van der Waals surface area contributed by atoms with Crippen LogP contribution in [0.4, 0.5) is 0 Å². The highest BCUT2D eigenvalue weighted by Crippen LogP contribution is 2.30. The van der Waals surface area contributed by atoms with E-state index in [2.05, 4.69) is 10.0 Å². The fourth-order valence-corrected chi connectivity index (χ4v) is 5.44. The van der Waals surface area contributed by atoms with Crippen LogP contribution >= 0.6 is 11.6 Å². The van der Waals surface area contributed by atoms with E-state index in [9.17, 15) is 13.2 Å². The maximum Gasteiger partial charge on any atom is 0.241 e. The van der Waals surface area contributed by atoms with Gasteiger partial charge in [0.2, 0.25) is 15.9 Å². The molecule has 2 aromatic rings. The lowest BCUT2D eigenvalue weighted by Crippen LogP contribution is -2.60. The van der Waals surface area contributed by atoms with Gasteiger partial charge in [-0.3, -0.25) is 4.79 Å². The lowest BCUT2D eigenvalue weighted by molar-refractivity contribution is -0.128. The van der Waals surface area contributed by atoms with E-state index in [0.29, 0.717) is 48.9 Å². The Bertz CT molecular complexity index is 1140. The number of carbonyl (C=O) groups excluding carboxylic acids is 1. The lowest BCUT2D eigenvalue weighted by atomic mass is 9.82. The van der Waals surface area contributed by atoms with E-state index in [1.807, 2.05) is 54.6 Å². The zero-order chi connectivity index (χ0) is 26.0. The minimum absolute atomic E-state index is 0.0484. The molecule has 2 aromatic carbocycles. The number of carbonyl (C=O) groups is 1. The first kappa shape index (κ1) is 28.0. The summed E-state index contributed by atoms with van der Waals surface area (Å²) in [6, 6.07) is 13.2. The Kier molecular flexibility index (Phi) is 10.2. The molecule has 0 unspecified atom stereocenters. The number of benzene rings is 2. The van der Waals surface area contributed by atoms with Crippen molar-refractivity contribution in [1.82, 2.24) is 10.0 Å². The summed E-state index contributed by atoms with van der Waals surface area (Å²) in [5.74, 6) is 0.936. The number of hydrogen-bond donors (Lipinski definition) is 2. The average molecular weight is 535 g/mol. The molecule has 1 aliphatic rings. The number of methoxy groups -OCH3 is 1. The van der Waals surface area contributed by atoms with Crippen LogP contribution in [0.25, 0.3) is 6.08 Å². The second kappa shape index (κ2) is 13.1. The van der Waals surface area contributed by atoms with Crippen molar-refractivity contribution in [3.63, 3.8) is 0 Å². The highest BCUT2D eigenvalue weighted by Gasteiger charge is 2.42. The molecule has 0 spiro atoms. The van der Waals surface area contributed by atoms with Crippen molar-refractivity contribution in [2.45, 2.75) is 51.0 Å². The number of sulfonamides is 1. The van der Waals surface area contributed by atoms with E-state index >= 15 is 0 Å². The van der Waals surface area contributed by atoms with Crippen LogP contribution in [-0.2, 0) is 21.2 Å². The molecule has 0 saturated heterocycles. The number of amides is 1. The molecule has 0 aliphatic heterocycles. The minimum atomic E-state index is -3.49. The SMILES string of the molecule is CCS(=O)(=O)NC1(C(=O)NCCc2ccc(OCC=Cc3ccc(Cl)cc3)c(OC)c2)CCCCC1. The number of nitrogens with one attached hydrogen (secondary N) is 2. The molecule has 3 rings (SSSR count). The number of ether oxygens (including phenoxy) is 2. The summed E-state index contributed by atoms with van der Waals surface area (Å²) in [6.07, 6.45) is 8.15. The van der Waals surface area contributed by atoms with Crippen LogP contribution < -0.4 is 19.5 Å². The van der Waals surface area contributed by atoms with Crippen molar-refractivity contribution < 1.29 is 22.7 Å². The van der Waals surface area contributed by atoms with Gasteiger partial charge in [0, 0.05) is 11.6 Å². The monoisotopic (exact) mass is 534 g/mol. The second-order valence-electron chi connectivity index (χ2n) is 8.90. The molecular weight excluding hydrogens is 500 g/mol. The topological polar surface area (TPSA) is 93.7 Å². The van der Waals surface area contributed by atoms with Gasteiger partial charge >= 0.3 is 0 Å². The predicted molar refractivity (Wildman–Crippen MR) is 144 cm³/mol. The summed E-state index contributed by atoms with van der Waals surface area (Å²) in [6.45, 7) is 2.35. The van der Waals surface area contributed by atoms with Crippen LogP contribution in [0.5, 0.6) is 11.5 Å². The molecule has 9 heteroatoms. The first-order valence-electron chi connectivity index (χ1n) is 12.3. The van der Waals surface area contributed by atoms with Gasteiger partial charge in [0.15, 0.2) is 11.5 Å². The van der Waals surface area contributed by atoms with E-state index in [1.54, 1.807) is 14.0 Å². The maximum atomic E-state index is 13.1. The quantitative estimate of drug-likeness (QED) is 0.410. The van der Waals surface area contributed by atoms with Crippen LogP contribution in [0.15, 0.2) is 48.5 Å². The molecule has 0 aromatic heterocycles. The van der Waals surface area contributed by atoms with Gasteiger partial charge in [0.1, 0.15) is 12.1 Å². The van der Waals surface area contributed by atoms with Gasteiger partial charge in [-0.15, -0.1) is 0 Å². The zero-order valence-electron chi connectivity index (χ0n) is 20.9. The van der Waals surface area contributed by atoms with Gasteiger partial charge in [0.05, 0.1) is 12.9 Å². The molecular formula is C27H35ClN2O5S. The average Bonchev–Trinajstić information content (AvgIpc) is 2.88. The Morgan fingerprint density at radius 1 is 1.08 bits per heavy atom. The fourth-order valence-electron chi connectivity index (χ4n) is 4.27. The second-order valence-corrected chi connectivity index (χ2v) is 11.4. The van der Waals surface area contributed by atoms with Crippen LogP contribution in [0.2, 0.25) is 5.02 Å². The van der Waals surface area contributed by atoms with E-state index in [-0.39, 0.29) is 11.7 Å². The molecule has 36 heavy (non-hydrogen) atoms. The Balaban J connectivity index is 1.54. The summed E-state index contributed by atoms with van der Waals surface area (Å²) < 4.78 is 38.5. The summed E-state index contributed by atoms with van der Waals surface area (Å²) >= 11 is 5.91. The van der Waals surface area contributed by atoms with Crippen molar-refractivity contribution in [2.75, 3.05) is 26.0 Å². The summed E-state index contributed by atoms with van der Waals surface area (Å²) in [7, 11) is -1.91. The Hall–Kier alpha value is -2.55. The molecule has 7 nitrogen and oxygen atoms in total. The van der Waals surface area contributed by atoms with Crippen LogP contribution in [0, 0.1) is 0 Å². The van der Waals surface area contributed by atoms with Gasteiger partial charge < -0.3 is 14.8 Å². The van der Waals surface area contributed by atoms with Gasteiger partial charge in [-0.05, 0) is 67.7 Å². The Morgan fingerprint density at radius 2 is 1.81 bits per heavy atom. The minimum Gasteiger partial charge on any atom is -0.493 e. The lowest BCUT2D eigenvalue weighted by Gasteiger charge is -2.36. The highest BCUT2D eigenvalue weighted by atomic mass is 35.5. The Labute approximate surface area is 219 Å². The van der Waals surface area contributed by atoms with E-state index in [1.165, 1.54) is 0 Å².